The Kier molecular flexibility index (Phi) is 4.69. The van der Waals surface area contributed by atoms with E-state index in [1.807, 2.05) is 42.6 Å². The van der Waals surface area contributed by atoms with Gasteiger partial charge in [0.2, 0.25) is 0 Å². The molecule has 0 unspecified atom stereocenters. The van der Waals surface area contributed by atoms with Crippen LogP contribution < -0.4 is 15.8 Å². The number of carbonyl (C=O) groups is 1. The highest BCUT2D eigenvalue weighted by Crippen LogP contribution is 2.27. The Bertz CT molecular complexity index is 1230. The van der Waals surface area contributed by atoms with Crippen molar-refractivity contribution >= 4 is 16.8 Å². The number of nitrogens with one attached hydrogen (secondary N) is 2. The molecule has 5 rings (SSSR count). The Morgan fingerprint density at radius 1 is 1.10 bits per heavy atom. The van der Waals surface area contributed by atoms with Crippen LogP contribution >= 0.6 is 0 Å². The lowest BCUT2D eigenvalue weighted by atomic mass is 10.0. The molecule has 150 valence electrons. The van der Waals surface area contributed by atoms with E-state index >= 15 is 0 Å². The van der Waals surface area contributed by atoms with E-state index in [1.54, 1.807) is 12.4 Å². The molecule has 0 spiro atoms. The number of H-pyrrole nitrogens is 1. The molecular weight excluding hydrogens is 376 g/mol. The van der Waals surface area contributed by atoms with Crippen molar-refractivity contribution in [3.05, 3.63) is 83.8 Å². The molecule has 1 aliphatic rings. The van der Waals surface area contributed by atoms with Gasteiger partial charge in [-0.1, -0.05) is 24.3 Å². The first-order valence-electron chi connectivity index (χ1n) is 9.97. The second-order valence-corrected chi connectivity index (χ2v) is 7.60. The van der Waals surface area contributed by atoms with E-state index in [2.05, 4.69) is 27.4 Å². The van der Waals surface area contributed by atoms with Gasteiger partial charge in [0.1, 0.15) is 12.4 Å². The predicted octanol–water partition coefficient (Wildman–Crippen LogP) is 3.42. The molecule has 2 aromatic heterocycles. The van der Waals surface area contributed by atoms with Crippen LogP contribution in [0.15, 0.2) is 67.1 Å². The lowest BCUT2D eigenvalue weighted by Gasteiger charge is -2.13. The quantitative estimate of drug-likeness (QED) is 0.464. The summed E-state index contributed by atoms with van der Waals surface area (Å²) in [5.41, 5.74) is 12.3. The van der Waals surface area contributed by atoms with Gasteiger partial charge in [0.05, 0.1) is 6.20 Å². The standard InChI is InChI=1S/C24H22N4O2/c25-19(8-18-11-27-23-4-2-1-3-21(18)23)14-30-20-9-16(10-26-13-20)15-5-6-22-17(7-15)12-28-24(22)29/h1-7,9-11,13,19,27H,8,12,14,25H2,(H,28,29)/t19-/m1/s1. The molecule has 0 saturated carbocycles. The highest BCUT2D eigenvalue weighted by Gasteiger charge is 2.19. The number of fused-ring (bicyclic) bond motifs is 2. The van der Waals surface area contributed by atoms with Gasteiger partial charge in [0.15, 0.2) is 0 Å². The van der Waals surface area contributed by atoms with Crippen molar-refractivity contribution in [3.63, 3.8) is 0 Å². The number of hydrogen-bond donors (Lipinski definition) is 3. The maximum Gasteiger partial charge on any atom is 0.251 e. The highest BCUT2D eigenvalue weighted by atomic mass is 16.5. The fourth-order valence-corrected chi connectivity index (χ4v) is 3.91. The van der Waals surface area contributed by atoms with Crippen LogP contribution in [0.25, 0.3) is 22.0 Å². The average Bonchev–Trinajstić information content (AvgIpc) is 3.36. The first-order valence-corrected chi connectivity index (χ1v) is 9.97. The number of carbonyl (C=O) groups excluding carboxylic acids is 1. The van der Waals surface area contributed by atoms with E-state index in [0.29, 0.717) is 18.9 Å². The molecule has 1 amide bonds. The van der Waals surface area contributed by atoms with Gasteiger partial charge in [-0.05, 0) is 47.4 Å². The molecule has 0 radical (unpaired) electrons. The number of nitrogens with two attached hydrogens (primary N) is 1. The molecular formula is C24H22N4O2. The Morgan fingerprint density at radius 3 is 2.93 bits per heavy atom. The lowest BCUT2D eigenvalue weighted by molar-refractivity contribution is 0.0966. The number of rotatable bonds is 6. The highest BCUT2D eigenvalue weighted by molar-refractivity contribution is 5.98. The molecule has 3 heterocycles. The molecule has 0 fully saturated rings. The zero-order valence-corrected chi connectivity index (χ0v) is 16.4. The summed E-state index contributed by atoms with van der Waals surface area (Å²) in [6, 6.07) is 15.8. The van der Waals surface area contributed by atoms with Crippen LogP contribution in [0.2, 0.25) is 0 Å². The Balaban J connectivity index is 1.26. The number of nitrogens with zero attached hydrogens (tertiary/aromatic N) is 1. The lowest BCUT2D eigenvalue weighted by Crippen LogP contribution is -2.30. The SMILES string of the molecule is N[C@@H](COc1cncc(-c2ccc3c(c2)CNC3=O)c1)Cc1c[nH]c2ccccc12. The number of ether oxygens (including phenoxy) is 1. The van der Waals surface area contributed by atoms with Crippen molar-refractivity contribution < 1.29 is 9.53 Å². The number of aromatic amines is 1. The third kappa shape index (κ3) is 3.53. The van der Waals surface area contributed by atoms with E-state index < -0.39 is 0 Å². The molecule has 0 bridgehead atoms. The molecule has 4 N–H and O–H groups in total. The molecule has 1 atom stereocenters. The predicted molar refractivity (Wildman–Crippen MR) is 116 cm³/mol. The maximum absolute atomic E-state index is 11.7. The molecule has 6 heteroatoms. The number of amides is 1. The summed E-state index contributed by atoms with van der Waals surface area (Å²) in [5.74, 6) is 0.660. The smallest absolute Gasteiger partial charge is 0.251 e. The molecule has 6 nitrogen and oxygen atoms in total. The van der Waals surface area contributed by atoms with Crippen LogP contribution in [0.4, 0.5) is 0 Å². The maximum atomic E-state index is 11.7. The van der Waals surface area contributed by atoms with E-state index in [-0.39, 0.29) is 11.9 Å². The minimum Gasteiger partial charge on any atom is -0.490 e. The van der Waals surface area contributed by atoms with Crippen molar-refractivity contribution in [1.29, 1.82) is 0 Å². The molecule has 30 heavy (non-hydrogen) atoms. The Labute approximate surface area is 174 Å². The zero-order valence-electron chi connectivity index (χ0n) is 16.4. The number of benzene rings is 2. The summed E-state index contributed by atoms with van der Waals surface area (Å²) in [4.78, 5) is 19.3. The molecule has 0 aliphatic carbocycles. The largest absolute Gasteiger partial charge is 0.490 e. The number of para-hydroxylation sites is 1. The summed E-state index contributed by atoms with van der Waals surface area (Å²) >= 11 is 0. The van der Waals surface area contributed by atoms with E-state index in [4.69, 9.17) is 10.5 Å². The van der Waals surface area contributed by atoms with Crippen molar-refractivity contribution in [2.45, 2.75) is 19.0 Å². The van der Waals surface area contributed by atoms with E-state index in [9.17, 15) is 4.79 Å². The van der Waals surface area contributed by atoms with Crippen molar-refractivity contribution in [1.82, 2.24) is 15.3 Å². The summed E-state index contributed by atoms with van der Waals surface area (Å²) < 4.78 is 5.94. The van der Waals surface area contributed by atoms with Crippen LogP contribution in [0.1, 0.15) is 21.5 Å². The fourth-order valence-electron chi connectivity index (χ4n) is 3.91. The molecule has 1 aliphatic heterocycles. The molecule has 4 aromatic rings. The van der Waals surface area contributed by atoms with Crippen molar-refractivity contribution in [2.75, 3.05) is 6.61 Å². The van der Waals surface area contributed by atoms with E-state index in [0.717, 1.165) is 34.2 Å². The minimum atomic E-state index is -0.134. The van der Waals surface area contributed by atoms with Crippen LogP contribution in [0.3, 0.4) is 0 Å². The second kappa shape index (κ2) is 7.65. The fraction of sp³-hybridized carbons (Fsp3) is 0.167. The number of hydrogen-bond acceptors (Lipinski definition) is 4. The first-order chi connectivity index (χ1) is 14.7. The van der Waals surface area contributed by atoms with Gasteiger partial charge >= 0.3 is 0 Å². The third-order valence-electron chi connectivity index (χ3n) is 5.46. The van der Waals surface area contributed by atoms with Crippen molar-refractivity contribution in [3.8, 4) is 16.9 Å². The van der Waals surface area contributed by atoms with Gasteiger partial charge in [0, 0.05) is 47.0 Å². The summed E-state index contributed by atoms with van der Waals surface area (Å²) in [6.07, 6.45) is 6.23. The van der Waals surface area contributed by atoms with Gasteiger partial charge in [0.25, 0.3) is 5.91 Å². The topological polar surface area (TPSA) is 93.0 Å². The van der Waals surface area contributed by atoms with Gasteiger partial charge in [-0.15, -0.1) is 0 Å². The first kappa shape index (κ1) is 18.4. The van der Waals surface area contributed by atoms with Gasteiger partial charge < -0.3 is 20.8 Å². The Hall–Kier alpha value is -3.64. The monoisotopic (exact) mass is 398 g/mol. The van der Waals surface area contributed by atoms with Crippen LogP contribution in [0.5, 0.6) is 5.75 Å². The number of pyridine rings is 1. The van der Waals surface area contributed by atoms with Gasteiger partial charge in [-0.3, -0.25) is 9.78 Å². The van der Waals surface area contributed by atoms with Crippen molar-refractivity contribution in [2.24, 2.45) is 5.73 Å². The molecule has 0 saturated heterocycles. The second-order valence-electron chi connectivity index (χ2n) is 7.60. The average molecular weight is 398 g/mol. The van der Waals surface area contributed by atoms with Gasteiger partial charge in [-0.2, -0.15) is 0 Å². The zero-order chi connectivity index (χ0) is 20.5. The summed E-state index contributed by atoms with van der Waals surface area (Å²) in [6.45, 7) is 0.960. The summed E-state index contributed by atoms with van der Waals surface area (Å²) in [5, 5.41) is 4.04. The van der Waals surface area contributed by atoms with Crippen LogP contribution in [-0.2, 0) is 13.0 Å². The minimum absolute atomic E-state index is 0.0176. The van der Waals surface area contributed by atoms with Crippen LogP contribution in [-0.4, -0.2) is 28.5 Å². The third-order valence-corrected chi connectivity index (χ3v) is 5.46. The Morgan fingerprint density at radius 2 is 2.00 bits per heavy atom. The normalized spacial score (nSPS) is 13.8. The molecule has 2 aromatic carbocycles. The van der Waals surface area contributed by atoms with E-state index in [1.165, 1.54) is 10.9 Å². The van der Waals surface area contributed by atoms with Gasteiger partial charge in [-0.25, -0.2) is 0 Å². The van der Waals surface area contributed by atoms with Crippen LogP contribution in [0, 0.1) is 0 Å². The number of aromatic nitrogens is 2. The summed E-state index contributed by atoms with van der Waals surface area (Å²) in [7, 11) is 0.